The maximum absolute atomic E-state index is 3.15. The molecule has 3 nitrogen and oxygen atoms in total. The average molecular weight is 497 g/mol. The predicted molar refractivity (Wildman–Crippen MR) is 122 cm³/mol. The van der Waals surface area contributed by atoms with E-state index in [9.17, 15) is 0 Å². The first-order chi connectivity index (χ1) is 14.9. The molecule has 0 saturated carbocycles. The summed E-state index contributed by atoms with van der Waals surface area (Å²) in [5.74, 6) is 0. The summed E-state index contributed by atoms with van der Waals surface area (Å²) in [6, 6.07) is 36.9. The van der Waals surface area contributed by atoms with Gasteiger partial charge in [-0.25, -0.2) is 15.0 Å². The van der Waals surface area contributed by atoms with Crippen LogP contribution >= 0.6 is 0 Å². The smallest absolute Gasteiger partial charge is 0.210 e. The molecule has 0 unspecified atom stereocenters. The number of hydrogen-bond acceptors (Lipinski definition) is 0. The van der Waals surface area contributed by atoms with E-state index < -0.39 is 0 Å². The third-order valence-corrected chi connectivity index (χ3v) is 4.71. The average Bonchev–Trinajstić information content (AvgIpc) is 2.85. The van der Waals surface area contributed by atoms with E-state index >= 15 is 0 Å². The van der Waals surface area contributed by atoms with Crippen LogP contribution in [0, 0.1) is 0 Å². The number of para-hydroxylation sites is 3. The summed E-state index contributed by atoms with van der Waals surface area (Å²) >= 11 is 0. The fourth-order valence-corrected chi connectivity index (χ4v) is 3.19. The Labute approximate surface area is 212 Å². The van der Waals surface area contributed by atoms with Crippen molar-refractivity contribution in [3.8, 4) is 0 Å². The Kier molecular flexibility index (Phi) is 12.4. The van der Waals surface area contributed by atoms with Crippen LogP contribution in [-0.2, 0) is 0 Å². The summed E-state index contributed by atoms with van der Waals surface area (Å²) in [6.45, 7) is 0. The van der Waals surface area contributed by atoms with Gasteiger partial charge in [0.2, 0.25) is 16.6 Å². The molecule has 33 heavy (non-hydrogen) atoms. The summed E-state index contributed by atoms with van der Waals surface area (Å²) in [7, 11) is 0. The number of benzene rings is 3. The van der Waals surface area contributed by atoms with Crippen LogP contribution < -0.4 is 52.2 Å². The Morgan fingerprint density at radius 1 is 0.303 bits per heavy atom. The second kappa shape index (κ2) is 14.8. The highest BCUT2D eigenvalue weighted by Crippen LogP contribution is 2.06. The molecule has 0 aliphatic rings. The lowest BCUT2D eigenvalue weighted by Crippen LogP contribution is -3.00. The summed E-state index contributed by atoms with van der Waals surface area (Å²) in [5, 5.41) is 3.76. The van der Waals surface area contributed by atoms with Crippen molar-refractivity contribution in [3.05, 3.63) is 128 Å². The van der Waals surface area contributed by atoms with Crippen LogP contribution in [0.3, 0.4) is 0 Å². The van der Waals surface area contributed by atoms with Crippen LogP contribution in [-0.4, -0.2) is 0 Å². The minimum atomic E-state index is 0. The van der Waals surface area contributed by atoms with Gasteiger partial charge in [0, 0.05) is 52.6 Å². The molecule has 0 bridgehead atoms. The van der Waals surface area contributed by atoms with Crippen molar-refractivity contribution in [3.63, 3.8) is 0 Å². The van der Waals surface area contributed by atoms with Crippen LogP contribution in [0.25, 0.3) is 32.7 Å². The van der Waals surface area contributed by atoms with Crippen LogP contribution in [0.1, 0.15) is 0 Å². The number of H-pyrrole nitrogens is 3. The van der Waals surface area contributed by atoms with Crippen molar-refractivity contribution in [2.45, 2.75) is 0 Å². The van der Waals surface area contributed by atoms with E-state index in [1.165, 1.54) is 32.7 Å². The second-order valence-corrected chi connectivity index (χ2v) is 6.77. The normalized spacial score (nSPS) is 9.09. The Morgan fingerprint density at radius 3 is 0.818 bits per heavy atom. The van der Waals surface area contributed by atoms with Crippen molar-refractivity contribution >= 4 is 32.7 Å². The second-order valence-electron chi connectivity index (χ2n) is 6.77. The molecule has 3 aromatic heterocycles. The summed E-state index contributed by atoms with van der Waals surface area (Å²) in [5.41, 5.74) is 3.56. The van der Waals surface area contributed by atoms with Gasteiger partial charge in [0.15, 0.2) is 18.6 Å². The first-order valence-corrected chi connectivity index (χ1v) is 9.96. The molecule has 6 heteroatoms. The van der Waals surface area contributed by atoms with Crippen molar-refractivity contribution < 1.29 is 52.2 Å². The maximum atomic E-state index is 3.15. The molecule has 6 rings (SSSR count). The first kappa shape index (κ1) is 27.8. The van der Waals surface area contributed by atoms with Crippen LogP contribution in [0.2, 0.25) is 0 Å². The van der Waals surface area contributed by atoms with Gasteiger partial charge in [-0.2, -0.15) is 0 Å². The van der Waals surface area contributed by atoms with Crippen molar-refractivity contribution in [2.24, 2.45) is 0 Å². The first-order valence-electron chi connectivity index (χ1n) is 9.96. The van der Waals surface area contributed by atoms with E-state index in [1.54, 1.807) is 0 Å². The molecule has 0 radical (unpaired) electrons. The summed E-state index contributed by atoms with van der Waals surface area (Å²) in [4.78, 5) is 9.45. The predicted octanol–water partition coefficient (Wildman–Crippen LogP) is -4.03. The highest BCUT2D eigenvalue weighted by Gasteiger charge is 1.94. The monoisotopic (exact) mass is 495 g/mol. The molecule has 3 heterocycles. The summed E-state index contributed by atoms with van der Waals surface area (Å²) in [6.07, 6.45) is 5.80. The number of rotatable bonds is 0. The molecule has 0 aliphatic heterocycles. The molecule has 0 spiro atoms. The number of aromatic nitrogens is 3. The van der Waals surface area contributed by atoms with Gasteiger partial charge in [-0.15, -0.1) is 0 Å². The number of aromatic amines is 3. The van der Waals surface area contributed by atoms with Gasteiger partial charge in [-0.1, -0.05) is 36.4 Å². The molecule has 0 aliphatic carbocycles. The van der Waals surface area contributed by atoms with E-state index in [0.29, 0.717) is 0 Å². The number of pyridine rings is 3. The number of halogens is 3. The number of fused-ring (bicyclic) bond motifs is 3. The van der Waals surface area contributed by atoms with Gasteiger partial charge >= 0.3 is 0 Å². The topological polar surface area (TPSA) is 42.4 Å². The molecular weight excluding hydrogens is 473 g/mol. The molecule has 168 valence electrons. The molecule has 3 aromatic carbocycles. The zero-order valence-corrected chi connectivity index (χ0v) is 20.0. The number of nitrogens with one attached hydrogen (secondary N) is 3. The zero-order valence-electron chi connectivity index (χ0n) is 17.8. The van der Waals surface area contributed by atoms with Gasteiger partial charge in [0.05, 0.1) is 0 Å². The zero-order chi connectivity index (χ0) is 20.4. The van der Waals surface area contributed by atoms with E-state index in [-0.39, 0.29) is 37.2 Å². The van der Waals surface area contributed by atoms with Crippen molar-refractivity contribution in [1.29, 1.82) is 0 Å². The molecule has 0 fully saturated rings. The Morgan fingerprint density at radius 2 is 0.545 bits per heavy atom. The third kappa shape index (κ3) is 7.99. The molecular formula is C27H24Cl3N3. The van der Waals surface area contributed by atoms with E-state index in [2.05, 4.69) is 69.5 Å². The largest absolute Gasteiger partial charge is 1.00 e. The molecule has 0 atom stereocenters. The van der Waals surface area contributed by atoms with Crippen LogP contribution in [0.15, 0.2) is 128 Å². The molecule has 0 saturated heterocycles. The van der Waals surface area contributed by atoms with Gasteiger partial charge in [0.25, 0.3) is 0 Å². The summed E-state index contributed by atoms with van der Waals surface area (Å²) < 4.78 is 0. The maximum Gasteiger partial charge on any atom is 0.210 e. The fraction of sp³-hybridized carbons (Fsp3) is 0. The quantitative estimate of drug-likeness (QED) is 0.206. The Bertz CT molecular complexity index is 1010. The molecule has 6 aromatic rings. The fourth-order valence-electron chi connectivity index (χ4n) is 3.19. The van der Waals surface area contributed by atoms with Crippen LogP contribution in [0.5, 0.6) is 0 Å². The molecule has 3 N–H and O–H groups in total. The van der Waals surface area contributed by atoms with Crippen molar-refractivity contribution in [2.75, 3.05) is 0 Å². The number of hydrogen-bond donors (Lipinski definition) is 0. The lowest BCUT2D eigenvalue weighted by molar-refractivity contribution is -0.345. The lowest BCUT2D eigenvalue weighted by atomic mass is 10.2. The SMILES string of the molecule is [Cl-].[Cl-].[Cl-].c1ccc2[nH+]cccc2c1.c1ccc2[nH+]cccc2c1.c1ccc2[nH+]cccc2c1. The minimum absolute atomic E-state index is 0. The highest BCUT2D eigenvalue weighted by atomic mass is 35.5. The van der Waals surface area contributed by atoms with Crippen LogP contribution in [0.4, 0.5) is 0 Å². The van der Waals surface area contributed by atoms with Gasteiger partial charge in [-0.3, -0.25) is 0 Å². The van der Waals surface area contributed by atoms with E-state index in [1.807, 2.05) is 73.2 Å². The Balaban J connectivity index is 0.000000237. The third-order valence-electron chi connectivity index (χ3n) is 4.71. The minimum Gasteiger partial charge on any atom is -1.00 e. The highest BCUT2D eigenvalue weighted by molar-refractivity contribution is 5.75. The molecule has 0 amide bonds. The lowest BCUT2D eigenvalue weighted by Gasteiger charge is -1.85. The van der Waals surface area contributed by atoms with Gasteiger partial charge in [-0.05, 0) is 36.4 Å². The Hall–Kier alpha value is -3.24. The van der Waals surface area contributed by atoms with Gasteiger partial charge in [0.1, 0.15) is 0 Å². The standard InChI is InChI=1S/3C9H7N.3ClH/c3*1-2-6-9-8(4-1)5-3-7-10-9;;;/h3*1-7H;3*1H. The van der Waals surface area contributed by atoms with E-state index in [0.717, 1.165) is 0 Å². The van der Waals surface area contributed by atoms with E-state index in [4.69, 9.17) is 0 Å². The van der Waals surface area contributed by atoms with Crippen molar-refractivity contribution in [1.82, 2.24) is 0 Å². The van der Waals surface area contributed by atoms with Gasteiger partial charge < -0.3 is 37.2 Å².